The molecule has 6 nitrogen and oxygen atoms in total. The number of ketones is 1. The van der Waals surface area contributed by atoms with Crippen molar-refractivity contribution in [1.29, 1.82) is 0 Å². The number of benzene rings is 2. The molecule has 2 aromatic carbocycles. The first kappa shape index (κ1) is 20.1. The van der Waals surface area contributed by atoms with E-state index in [1.807, 2.05) is 6.92 Å². The van der Waals surface area contributed by atoms with Crippen molar-refractivity contribution in [2.24, 2.45) is 0 Å². The number of furan rings is 1. The van der Waals surface area contributed by atoms with Crippen molar-refractivity contribution in [2.45, 2.75) is 32.0 Å². The molecular weight excluding hydrogens is 413 g/mol. The lowest BCUT2D eigenvalue weighted by Gasteiger charge is -2.23. The first-order valence-electron chi connectivity index (χ1n) is 10.3. The van der Waals surface area contributed by atoms with Gasteiger partial charge >= 0.3 is 0 Å². The van der Waals surface area contributed by atoms with E-state index in [9.17, 15) is 19.1 Å². The molecule has 0 aliphatic carbocycles. The Morgan fingerprint density at radius 1 is 1.16 bits per heavy atom. The third-order valence-corrected chi connectivity index (χ3v) is 5.79. The molecule has 1 aromatic heterocycles. The van der Waals surface area contributed by atoms with Gasteiger partial charge < -0.3 is 19.2 Å². The van der Waals surface area contributed by atoms with E-state index in [2.05, 4.69) is 0 Å². The first-order chi connectivity index (χ1) is 15.4. The minimum absolute atomic E-state index is 0.0341. The molecule has 3 aromatic rings. The molecule has 7 heteroatoms. The first-order valence-corrected chi connectivity index (χ1v) is 10.3. The van der Waals surface area contributed by atoms with Gasteiger partial charge in [-0.2, -0.15) is 0 Å². The Labute approximate surface area is 183 Å². The number of rotatable bonds is 4. The van der Waals surface area contributed by atoms with Gasteiger partial charge in [-0.25, -0.2) is 4.39 Å². The van der Waals surface area contributed by atoms with Crippen molar-refractivity contribution in [2.75, 3.05) is 0 Å². The molecule has 162 valence electrons. The summed E-state index contributed by atoms with van der Waals surface area (Å²) in [5, 5.41) is 11.1. The Hall–Kier alpha value is -3.87. The summed E-state index contributed by atoms with van der Waals surface area (Å²) in [4.78, 5) is 27.3. The van der Waals surface area contributed by atoms with Crippen LogP contribution in [-0.4, -0.2) is 27.8 Å². The number of aliphatic hydroxyl groups is 1. The molecule has 2 unspecified atom stereocenters. The van der Waals surface area contributed by atoms with Gasteiger partial charge in [0.25, 0.3) is 11.7 Å². The zero-order valence-corrected chi connectivity index (χ0v) is 17.2. The molecule has 0 bridgehead atoms. The Balaban J connectivity index is 1.59. The summed E-state index contributed by atoms with van der Waals surface area (Å²) in [6.45, 7) is 2.01. The average molecular weight is 433 g/mol. The van der Waals surface area contributed by atoms with Gasteiger partial charge in [0.1, 0.15) is 35.2 Å². The van der Waals surface area contributed by atoms with Crippen molar-refractivity contribution < 1.29 is 28.2 Å². The van der Waals surface area contributed by atoms with Gasteiger partial charge in [-0.05, 0) is 60.5 Å². The highest BCUT2D eigenvalue weighted by Gasteiger charge is 2.47. The van der Waals surface area contributed by atoms with Gasteiger partial charge in [0.2, 0.25) is 0 Å². The number of ether oxygens (including phenoxy) is 1. The molecule has 32 heavy (non-hydrogen) atoms. The van der Waals surface area contributed by atoms with Crippen LogP contribution in [0, 0.1) is 5.82 Å². The molecule has 1 N–H and O–H groups in total. The number of hydrogen-bond acceptors (Lipinski definition) is 5. The molecule has 2 aliphatic heterocycles. The molecule has 0 spiro atoms. The molecule has 5 rings (SSSR count). The Morgan fingerprint density at radius 3 is 2.66 bits per heavy atom. The number of halogens is 1. The highest BCUT2D eigenvalue weighted by molar-refractivity contribution is 6.46. The van der Waals surface area contributed by atoms with E-state index in [0.717, 1.165) is 11.3 Å². The molecule has 2 aliphatic rings. The fourth-order valence-corrected chi connectivity index (χ4v) is 4.30. The number of nitrogens with zero attached hydrogens (tertiary/aromatic N) is 1. The predicted octanol–water partition coefficient (Wildman–Crippen LogP) is 4.36. The smallest absolute Gasteiger partial charge is 0.296 e. The van der Waals surface area contributed by atoms with Crippen LogP contribution in [0.3, 0.4) is 0 Å². The van der Waals surface area contributed by atoms with E-state index < -0.39 is 23.5 Å². The quantitative estimate of drug-likeness (QED) is 0.376. The van der Waals surface area contributed by atoms with E-state index in [0.29, 0.717) is 23.3 Å². The molecule has 3 heterocycles. The second-order valence-electron chi connectivity index (χ2n) is 8.02. The van der Waals surface area contributed by atoms with Crippen molar-refractivity contribution in [3.8, 4) is 5.75 Å². The van der Waals surface area contributed by atoms with Crippen LogP contribution in [0.25, 0.3) is 5.76 Å². The van der Waals surface area contributed by atoms with Crippen LogP contribution in [0.4, 0.5) is 4.39 Å². The molecule has 1 saturated heterocycles. The minimum atomic E-state index is -0.904. The number of hydrogen-bond donors (Lipinski definition) is 1. The van der Waals surface area contributed by atoms with E-state index >= 15 is 0 Å². The molecule has 1 amide bonds. The second-order valence-corrected chi connectivity index (χ2v) is 8.02. The molecule has 1 fully saturated rings. The summed E-state index contributed by atoms with van der Waals surface area (Å²) in [6, 6.07) is 13.3. The molecular formula is C25H20FNO5. The second kappa shape index (κ2) is 7.67. The van der Waals surface area contributed by atoms with Gasteiger partial charge in [-0.3, -0.25) is 9.59 Å². The lowest BCUT2D eigenvalue weighted by Crippen LogP contribution is -2.29. The maximum absolute atomic E-state index is 13.3. The Kier molecular flexibility index (Phi) is 4.81. The number of Topliss-reactive ketones (excluding diaryl/α,β-unsaturated/α-hetero) is 1. The third-order valence-electron chi connectivity index (χ3n) is 5.79. The van der Waals surface area contributed by atoms with Gasteiger partial charge in [-0.15, -0.1) is 0 Å². The van der Waals surface area contributed by atoms with Crippen LogP contribution in [0.2, 0.25) is 0 Å². The fourth-order valence-electron chi connectivity index (χ4n) is 4.30. The summed E-state index contributed by atoms with van der Waals surface area (Å²) in [7, 11) is 0. The lowest BCUT2D eigenvalue weighted by atomic mass is 9.97. The number of carbonyl (C=O) groups is 2. The van der Waals surface area contributed by atoms with Crippen LogP contribution in [-0.2, 0) is 22.6 Å². The zero-order valence-electron chi connectivity index (χ0n) is 17.2. The number of aliphatic hydroxyl groups excluding tert-OH is 1. The van der Waals surface area contributed by atoms with E-state index in [4.69, 9.17) is 9.15 Å². The minimum Gasteiger partial charge on any atom is -0.507 e. The van der Waals surface area contributed by atoms with Crippen LogP contribution < -0.4 is 4.74 Å². The maximum Gasteiger partial charge on any atom is 0.296 e. The highest BCUT2D eigenvalue weighted by atomic mass is 19.1. The van der Waals surface area contributed by atoms with Crippen LogP contribution in [0.15, 0.2) is 70.9 Å². The largest absolute Gasteiger partial charge is 0.507 e. The van der Waals surface area contributed by atoms with Gasteiger partial charge in [0, 0.05) is 18.5 Å². The summed E-state index contributed by atoms with van der Waals surface area (Å²) in [5.41, 5.74) is 1.96. The van der Waals surface area contributed by atoms with Gasteiger partial charge in [0.05, 0.1) is 11.8 Å². The molecule has 0 radical (unpaired) electrons. The molecule has 2 atom stereocenters. The van der Waals surface area contributed by atoms with Crippen molar-refractivity contribution in [3.63, 3.8) is 0 Å². The summed E-state index contributed by atoms with van der Waals surface area (Å²) >= 11 is 0. The van der Waals surface area contributed by atoms with Crippen molar-refractivity contribution in [1.82, 2.24) is 4.90 Å². The van der Waals surface area contributed by atoms with Gasteiger partial charge in [0.15, 0.2) is 0 Å². The summed E-state index contributed by atoms with van der Waals surface area (Å²) < 4.78 is 24.6. The lowest BCUT2D eigenvalue weighted by molar-refractivity contribution is -0.140. The maximum atomic E-state index is 13.3. The van der Waals surface area contributed by atoms with E-state index in [1.54, 1.807) is 42.5 Å². The number of carbonyl (C=O) groups excluding carboxylic acids is 2. The SMILES string of the molecule is CC1Cc2cc(/C(O)=C3/C(=O)C(=O)N(Cc4ccc(F)cc4)C3c3ccco3)ccc2O1. The highest BCUT2D eigenvalue weighted by Crippen LogP contribution is 2.41. The van der Waals surface area contributed by atoms with Gasteiger partial charge in [-0.1, -0.05) is 12.1 Å². The summed E-state index contributed by atoms with van der Waals surface area (Å²) in [6.07, 6.45) is 2.17. The topological polar surface area (TPSA) is 80.0 Å². The fraction of sp³-hybridized carbons (Fsp3) is 0.200. The number of fused-ring (bicyclic) bond motifs is 1. The molecule has 0 saturated carbocycles. The number of likely N-dealkylation sites (tertiary alicyclic amines) is 1. The third kappa shape index (κ3) is 3.36. The average Bonchev–Trinajstić information content (AvgIpc) is 3.48. The van der Waals surface area contributed by atoms with Crippen LogP contribution >= 0.6 is 0 Å². The van der Waals surface area contributed by atoms with Crippen LogP contribution in [0.5, 0.6) is 5.75 Å². The van der Waals surface area contributed by atoms with Crippen LogP contribution in [0.1, 0.15) is 35.4 Å². The normalized spacial score (nSPS) is 21.6. The number of amides is 1. The van der Waals surface area contributed by atoms with E-state index in [1.165, 1.54) is 23.3 Å². The predicted molar refractivity (Wildman–Crippen MR) is 113 cm³/mol. The Bertz CT molecular complexity index is 1230. The van der Waals surface area contributed by atoms with Crippen molar-refractivity contribution in [3.05, 3.63) is 94.7 Å². The standard InChI is InChI=1S/C25H20FNO5/c1-14-11-17-12-16(6-9-19(17)32-14)23(28)21-22(20-3-2-10-31-20)27(25(30)24(21)29)13-15-4-7-18(26)8-5-15/h2-10,12,14,22,28H,11,13H2,1H3/b23-21-. The van der Waals surface area contributed by atoms with Crippen molar-refractivity contribution >= 4 is 17.4 Å². The summed E-state index contributed by atoms with van der Waals surface area (Å²) in [5.74, 6) is -1.12. The zero-order chi connectivity index (χ0) is 22.4. The monoisotopic (exact) mass is 433 g/mol. The Morgan fingerprint density at radius 2 is 1.94 bits per heavy atom. The van der Waals surface area contributed by atoms with E-state index in [-0.39, 0.29) is 24.0 Å².